The molecule has 0 spiro atoms. The van der Waals surface area contributed by atoms with Crippen molar-refractivity contribution in [2.24, 2.45) is 0 Å². The van der Waals surface area contributed by atoms with Gasteiger partial charge < -0.3 is 15.7 Å². The van der Waals surface area contributed by atoms with Crippen LogP contribution < -0.4 is 10.6 Å². The Balaban J connectivity index is 1.86. The smallest absolute Gasteiger partial charge is 0.319 e. The minimum absolute atomic E-state index is 0.174. The molecule has 0 aliphatic carbocycles. The van der Waals surface area contributed by atoms with E-state index in [0.29, 0.717) is 12.2 Å². The molecule has 0 bridgehead atoms. The number of aromatic hydroxyl groups is 1. The van der Waals surface area contributed by atoms with Crippen LogP contribution in [0.3, 0.4) is 0 Å². The van der Waals surface area contributed by atoms with Crippen molar-refractivity contribution in [3.8, 4) is 5.75 Å². The number of benzene rings is 2. The van der Waals surface area contributed by atoms with Gasteiger partial charge in [0.15, 0.2) is 0 Å². The zero-order valence-electron chi connectivity index (χ0n) is 10.1. The van der Waals surface area contributed by atoms with Gasteiger partial charge in [0.05, 0.1) is 0 Å². The number of amides is 2. The lowest BCUT2D eigenvalue weighted by Gasteiger charge is -2.07. The zero-order valence-corrected chi connectivity index (χ0v) is 10.1. The van der Waals surface area contributed by atoms with Crippen LogP contribution in [0, 0.1) is 5.82 Å². The highest BCUT2D eigenvalue weighted by Crippen LogP contribution is 2.10. The molecule has 0 unspecified atom stereocenters. The van der Waals surface area contributed by atoms with Crippen LogP contribution in [0.2, 0.25) is 0 Å². The lowest BCUT2D eigenvalue weighted by Crippen LogP contribution is -2.28. The van der Waals surface area contributed by atoms with E-state index >= 15 is 0 Å². The summed E-state index contributed by atoms with van der Waals surface area (Å²) in [5.74, 6) is -0.232. The second-order valence-corrected chi connectivity index (χ2v) is 3.98. The van der Waals surface area contributed by atoms with E-state index in [4.69, 9.17) is 5.11 Å². The third kappa shape index (κ3) is 3.99. The molecular formula is C14H13FN2O2. The highest BCUT2D eigenvalue weighted by atomic mass is 19.1. The van der Waals surface area contributed by atoms with Crippen molar-refractivity contribution in [2.45, 2.75) is 6.54 Å². The van der Waals surface area contributed by atoms with E-state index in [1.807, 2.05) is 0 Å². The number of carbonyl (C=O) groups is 1. The van der Waals surface area contributed by atoms with Gasteiger partial charge in [-0.05, 0) is 35.9 Å². The van der Waals surface area contributed by atoms with Crippen LogP contribution in [-0.2, 0) is 6.54 Å². The molecule has 2 rings (SSSR count). The molecule has 0 fully saturated rings. The van der Waals surface area contributed by atoms with E-state index < -0.39 is 11.8 Å². The number of carbonyl (C=O) groups excluding carboxylic acids is 1. The summed E-state index contributed by atoms with van der Waals surface area (Å²) in [4.78, 5) is 11.6. The van der Waals surface area contributed by atoms with Crippen molar-refractivity contribution in [3.63, 3.8) is 0 Å². The van der Waals surface area contributed by atoms with Crippen molar-refractivity contribution in [1.29, 1.82) is 0 Å². The van der Waals surface area contributed by atoms with E-state index in [1.165, 1.54) is 18.2 Å². The van der Waals surface area contributed by atoms with Gasteiger partial charge in [-0.1, -0.05) is 18.2 Å². The fourth-order valence-electron chi connectivity index (χ4n) is 1.54. The number of rotatable bonds is 3. The predicted octanol–water partition coefficient (Wildman–Crippen LogP) is 2.85. The first kappa shape index (κ1) is 12.9. The largest absolute Gasteiger partial charge is 0.508 e. The lowest BCUT2D eigenvalue weighted by molar-refractivity contribution is 0.251. The van der Waals surface area contributed by atoms with Crippen molar-refractivity contribution in [2.75, 3.05) is 5.32 Å². The molecule has 2 amide bonds. The van der Waals surface area contributed by atoms with Gasteiger partial charge in [-0.2, -0.15) is 0 Å². The molecule has 2 aromatic carbocycles. The van der Waals surface area contributed by atoms with Gasteiger partial charge in [0, 0.05) is 12.2 Å². The van der Waals surface area contributed by atoms with Crippen LogP contribution in [0.1, 0.15) is 5.56 Å². The van der Waals surface area contributed by atoms with E-state index in [1.54, 1.807) is 30.3 Å². The van der Waals surface area contributed by atoms with Gasteiger partial charge in [0.25, 0.3) is 0 Å². The molecule has 0 aromatic heterocycles. The molecule has 0 heterocycles. The number of phenols is 1. The Bertz CT molecular complexity index is 570. The van der Waals surface area contributed by atoms with Crippen molar-refractivity contribution < 1.29 is 14.3 Å². The fourth-order valence-corrected chi connectivity index (χ4v) is 1.54. The maximum atomic E-state index is 12.9. The van der Waals surface area contributed by atoms with Crippen LogP contribution in [0.5, 0.6) is 5.75 Å². The van der Waals surface area contributed by atoms with Crippen molar-refractivity contribution >= 4 is 11.7 Å². The molecule has 2 aromatic rings. The Morgan fingerprint density at radius 3 is 2.58 bits per heavy atom. The number of hydrogen-bond acceptors (Lipinski definition) is 2. The maximum Gasteiger partial charge on any atom is 0.319 e. The molecule has 0 saturated heterocycles. The molecule has 0 saturated carbocycles. The van der Waals surface area contributed by atoms with Gasteiger partial charge in [0.1, 0.15) is 11.6 Å². The quantitative estimate of drug-likeness (QED) is 0.794. The van der Waals surface area contributed by atoms with E-state index in [9.17, 15) is 9.18 Å². The molecule has 0 radical (unpaired) electrons. The Morgan fingerprint density at radius 1 is 1.16 bits per heavy atom. The summed E-state index contributed by atoms with van der Waals surface area (Å²) in [5.41, 5.74) is 1.25. The Labute approximate surface area is 109 Å². The van der Waals surface area contributed by atoms with Gasteiger partial charge in [-0.3, -0.25) is 0 Å². The Morgan fingerprint density at radius 2 is 1.89 bits per heavy atom. The highest BCUT2D eigenvalue weighted by molar-refractivity contribution is 5.89. The summed E-state index contributed by atoms with van der Waals surface area (Å²) in [6.07, 6.45) is 0. The standard InChI is InChI=1S/C14H13FN2O2/c15-11-2-1-3-12(8-11)17-14(19)16-9-10-4-6-13(18)7-5-10/h1-8,18H,9H2,(H2,16,17,19). The molecule has 0 aliphatic rings. The third-order valence-electron chi connectivity index (χ3n) is 2.47. The highest BCUT2D eigenvalue weighted by Gasteiger charge is 2.02. The van der Waals surface area contributed by atoms with Gasteiger partial charge in [0.2, 0.25) is 0 Å². The first-order valence-corrected chi connectivity index (χ1v) is 5.72. The number of anilines is 1. The van der Waals surface area contributed by atoms with Gasteiger partial charge in [-0.15, -0.1) is 0 Å². The molecule has 5 heteroatoms. The van der Waals surface area contributed by atoms with Crippen LogP contribution in [0.4, 0.5) is 14.9 Å². The SMILES string of the molecule is O=C(NCc1ccc(O)cc1)Nc1cccc(F)c1. The maximum absolute atomic E-state index is 12.9. The zero-order chi connectivity index (χ0) is 13.7. The topological polar surface area (TPSA) is 61.4 Å². The number of nitrogens with one attached hydrogen (secondary N) is 2. The van der Waals surface area contributed by atoms with Crippen molar-refractivity contribution in [1.82, 2.24) is 5.32 Å². The van der Waals surface area contributed by atoms with Gasteiger partial charge in [-0.25, -0.2) is 9.18 Å². The number of halogens is 1. The first-order valence-electron chi connectivity index (χ1n) is 5.72. The minimum atomic E-state index is -0.418. The van der Waals surface area contributed by atoms with Crippen molar-refractivity contribution in [3.05, 3.63) is 59.9 Å². The summed E-state index contributed by atoms with van der Waals surface area (Å²) < 4.78 is 12.9. The summed E-state index contributed by atoms with van der Waals surface area (Å²) in [5, 5.41) is 14.3. The van der Waals surface area contributed by atoms with Crippen LogP contribution in [-0.4, -0.2) is 11.1 Å². The summed E-state index contributed by atoms with van der Waals surface area (Å²) >= 11 is 0. The molecule has 3 N–H and O–H groups in total. The second-order valence-electron chi connectivity index (χ2n) is 3.98. The number of hydrogen-bond donors (Lipinski definition) is 3. The summed E-state index contributed by atoms with van der Waals surface area (Å²) in [6.45, 7) is 0.321. The van der Waals surface area contributed by atoms with Gasteiger partial charge >= 0.3 is 6.03 Å². The summed E-state index contributed by atoms with van der Waals surface area (Å²) in [7, 11) is 0. The molecule has 98 valence electrons. The predicted molar refractivity (Wildman–Crippen MR) is 70.4 cm³/mol. The molecule has 0 aliphatic heterocycles. The van der Waals surface area contributed by atoms with Crippen LogP contribution >= 0.6 is 0 Å². The average Bonchev–Trinajstić information content (AvgIpc) is 2.38. The minimum Gasteiger partial charge on any atom is -0.508 e. The molecule has 4 nitrogen and oxygen atoms in total. The third-order valence-corrected chi connectivity index (χ3v) is 2.47. The normalized spacial score (nSPS) is 9.95. The van der Waals surface area contributed by atoms with E-state index in [-0.39, 0.29) is 5.75 Å². The summed E-state index contributed by atoms with van der Waals surface area (Å²) in [6, 6.07) is 11.7. The average molecular weight is 260 g/mol. The monoisotopic (exact) mass is 260 g/mol. The Kier molecular flexibility index (Phi) is 3.97. The lowest BCUT2D eigenvalue weighted by atomic mass is 10.2. The first-order chi connectivity index (χ1) is 9.13. The number of phenolic OH excluding ortho intramolecular Hbond substituents is 1. The Hall–Kier alpha value is -2.56. The van der Waals surface area contributed by atoms with E-state index in [0.717, 1.165) is 5.56 Å². The molecule has 19 heavy (non-hydrogen) atoms. The fraction of sp³-hybridized carbons (Fsp3) is 0.0714. The molecular weight excluding hydrogens is 247 g/mol. The van der Waals surface area contributed by atoms with Crippen LogP contribution in [0.25, 0.3) is 0 Å². The second kappa shape index (κ2) is 5.86. The number of urea groups is 1. The van der Waals surface area contributed by atoms with Crippen LogP contribution in [0.15, 0.2) is 48.5 Å². The molecule has 0 atom stereocenters. The van der Waals surface area contributed by atoms with E-state index in [2.05, 4.69) is 10.6 Å².